The van der Waals surface area contributed by atoms with Gasteiger partial charge in [-0.2, -0.15) is 0 Å². The molecule has 1 heterocycles. The highest BCUT2D eigenvalue weighted by atomic mass is 16.5. The molecule has 1 aromatic heterocycles. The maximum absolute atomic E-state index is 12.4. The molecule has 120 valence electrons. The van der Waals surface area contributed by atoms with Crippen LogP contribution in [0.3, 0.4) is 0 Å². The zero-order valence-corrected chi connectivity index (χ0v) is 13.4. The number of rotatable bonds is 5. The predicted molar refractivity (Wildman–Crippen MR) is 94.3 cm³/mol. The summed E-state index contributed by atoms with van der Waals surface area (Å²) in [6, 6.07) is 20.8. The molecular formula is C20H18N2O2. The van der Waals surface area contributed by atoms with Crippen LogP contribution in [0, 0.1) is 6.92 Å². The number of nitrogens with zero attached hydrogens (tertiary/aromatic N) is 1. The highest BCUT2D eigenvalue weighted by molar-refractivity contribution is 5.96. The minimum atomic E-state index is -0.379. The number of aryl methyl sites for hydroxylation is 1. The third-order valence-electron chi connectivity index (χ3n) is 3.55. The summed E-state index contributed by atoms with van der Waals surface area (Å²) in [7, 11) is 0. The van der Waals surface area contributed by atoms with Crippen LogP contribution in [0.25, 0.3) is 0 Å². The number of hydrogen-bond donors (Lipinski definition) is 1. The monoisotopic (exact) mass is 318 g/mol. The maximum Gasteiger partial charge on any atom is 0.340 e. The van der Waals surface area contributed by atoms with Gasteiger partial charge in [-0.15, -0.1) is 0 Å². The van der Waals surface area contributed by atoms with Crippen molar-refractivity contribution in [3.8, 4) is 0 Å². The van der Waals surface area contributed by atoms with Gasteiger partial charge in [-0.05, 0) is 43.3 Å². The summed E-state index contributed by atoms with van der Waals surface area (Å²) in [4.78, 5) is 16.5. The lowest BCUT2D eigenvalue weighted by molar-refractivity contribution is 0.0469. The fourth-order valence-electron chi connectivity index (χ4n) is 2.26. The van der Waals surface area contributed by atoms with Crippen molar-refractivity contribution in [2.45, 2.75) is 13.5 Å². The first-order valence-electron chi connectivity index (χ1n) is 7.72. The Morgan fingerprint density at radius 2 is 1.75 bits per heavy atom. The molecule has 0 amide bonds. The topological polar surface area (TPSA) is 51.2 Å². The first kappa shape index (κ1) is 15.7. The van der Waals surface area contributed by atoms with E-state index in [0.717, 1.165) is 11.4 Å². The van der Waals surface area contributed by atoms with Crippen molar-refractivity contribution >= 4 is 17.3 Å². The number of carbonyl (C=O) groups excluding carboxylic acids is 1. The second-order valence-corrected chi connectivity index (χ2v) is 5.43. The Bertz CT molecular complexity index is 815. The van der Waals surface area contributed by atoms with E-state index >= 15 is 0 Å². The fourth-order valence-corrected chi connectivity index (χ4v) is 2.26. The van der Waals surface area contributed by atoms with Gasteiger partial charge in [0, 0.05) is 11.9 Å². The SMILES string of the molecule is Cc1ccc(Nc2ccccc2C(=O)OCc2ccccn2)cc1. The van der Waals surface area contributed by atoms with Gasteiger partial charge in [-0.3, -0.25) is 4.98 Å². The molecule has 4 heteroatoms. The zero-order chi connectivity index (χ0) is 16.8. The van der Waals surface area contributed by atoms with Gasteiger partial charge in [-0.1, -0.05) is 35.9 Å². The lowest BCUT2D eigenvalue weighted by atomic mass is 10.1. The van der Waals surface area contributed by atoms with Gasteiger partial charge in [0.05, 0.1) is 16.9 Å². The maximum atomic E-state index is 12.4. The number of aromatic nitrogens is 1. The molecule has 3 rings (SSSR count). The number of anilines is 2. The van der Waals surface area contributed by atoms with E-state index in [1.807, 2.05) is 67.6 Å². The average Bonchev–Trinajstić information content (AvgIpc) is 2.63. The van der Waals surface area contributed by atoms with Crippen molar-refractivity contribution in [3.63, 3.8) is 0 Å². The van der Waals surface area contributed by atoms with Crippen molar-refractivity contribution in [1.82, 2.24) is 4.98 Å². The van der Waals surface area contributed by atoms with E-state index in [-0.39, 0.29) is 12.6 Å². The van der Waals surface area contributed by atoms with Crippen LogP contribution in [-0.2, 0) is 11.3 Å². The van der Waals surface area contributed by atoms with Crippen molar-refractivity contribution < 1.29 is 9.53 Å². The van der Waals surface area contributed by atoms with Gasteiger partial charge in [0.2, 0.25) is 0 Å². The van der Waals surface area contributed by atoms with E-state index in [4.69, 9.17) is 4.74 Å². The number of para-hydroxylation sites is 1. The smallest absolute Gasteiger partial charge is 0.340 e. The second-order valence-electron chi connectivity index (χ2n) is 5.43. The molecule has 0 aliphatic heterocycles. The second kappa shape index (κ2) is 7.42. The molecule has 0 radical (unpaired) electrons. The van der Waals surface area contributed by atoms with Crippen LogP contribution in [0.1, 0.15) is 21.6 Å². The quantitative estimate of drug-likeness (QED) is 0.704. The minimum Gasteiger partial charge on any atom is -0.456 e. The van der Waals surface area contributed by atoms with Gasteiger partial charge in [0.15, 0.2) is 0 Å². The van der Waals surface area contributed by atoms with E-state index in [1.54, 1.807) is 12.3 Å². The van der Waals surface area contributed by atoms with Crippen LogP contribution in [0.4, 0.5) is 11.4 Å². The molecule has 2 aromatic carbocycles. The standard InChI is InChI=1S/C20H18N2O2/c1-15-9-11-16(12-10-15)22-19-8-3-2-7-18(19)20(23)24-14-17-6-4-5-13-21-17/h2-13,22H,14H2,1H3. The van der Waals surface area contributed by atoms with Crippen LogP contribution in [0.15, 0.2) is 72.9 Å². The molecule has 1 N–H and O–H groups in total. The molecular weight excluding hydrogens is 300 g/mol. The number of pyridine rings is 1. The summed E-state index contributed by atoms with van der Waals surface area (Å²) < 4.78 is 5.37. The van der Waals surface area contributed by atoms with Crippen LogP contribution in [0.5, 0.6) is 0 Å². The van der Waals surface area contributed by atoms with E-state index in [2.05, 4.69) is 10.3 Å². The summed E-state index contributed by atoms with van der Waals surface area (Å²) in [6.45, 7) is 2.19. The molecule has 0 saturated heterocycles. The van der Waals surface area contributed by atoms with E-state index in [0.29, 0.717) is 11.3 Å². The van der Waals surface area contributed by atoms with Crippen LogP contribution in [0.2, 0.25) is 0 Å². The zero-order valence-electron chi connectivity index (χ0n) is 13.4. The Kier molecular flexibility index (Phi) is 4.87. The normalized spacial score (nSPS) is 10.2. The Morgan fingerprint density at radius 1 is 1.00 bits per heavy atom. The number of esters is 1. The van der Waals surface area contributed by atoms with Gasteiger partial charge < -0.3 is 10.1 Å². The summed E-state index contributed by atoms with van der Waals surface area (Å²) in [5.74, 6) is -0.379. The number of hydrogen-bond acceptors (Lipinski definition) is 4. The molecule has 0 spiro atoms. The number of carbonyl (C=O) groups is 1. The molecule has 0 saturated carbocycles. The van der Waals surface area contributed by atoms with Crippen molar-refractivity contribution in [1.29, 1.82) is 0 Å². The molecule has 0 bridgehead atoms. The Labute approximate surface area is 141 Å². The molecule has 0 aliphatic carbocycles. The summed E-state index contributed by atoms with van der Waals surface area (Å²) in [5, 5.41) is 3.26. The summed E-state index contributed by atoms with van der Waals surface area (Å²) in [5.41, 5.74) is 4.03. The molecule has 24 heavy (non-hydrogen) atoms. The average molecular weight is 318 g/mol. The Hall–Kier alpha value is -3.14. The van der Waals surface area contributed by atoms with Crippen molar-refractivity contribution in [2.75, 3.05) is 5.32 Å². The molecule has 3 aromatic rings. The van der Waals surface area contributed by atoms with E-state index in [9.17, 15) is 4.79 Å². The largest absolute Gasteiger partial charge is 0.456 e. The lowest BCUT2D eigenvalue weighted by Crippen LogP contribution is -2.08. The highest BCUT2D eigenvalue weighted by Crippen LogP contribution is 2.22. The first-order chi connectivity index (χ1) is 11.7. The number of nitrogens with one attached hydrogen (secondary N) is 1. The fraction of sp³-hybridized carbons (Fsp3) is 0.100. The first-order valence-corrected chi connectivity index (χ1v) is 7.72. The highest BCUT2D eigenvalue weighted by Gasteiger charge is 2.13. The third-order valence-corrected chi connectivity index (χ3v) is 3.55. The summed E-state index contributed by atoms with van der Waals surface area (Å²) >= 11 is 0. The Balaban J connectivity index is 1.73. The number of ether oxygens (including phenoxy) is 1. The Morgan fingerprint density at radius 3 is 2.50 bits per heavy atom. The molecule has 0 atom stereocenters. The van der Waals surface area contributed by atoms with E-state index in [1.165, 1.54) is 5.56 Å². The van der Waals surface area contributed by atoms with E-state index < -0.39 is 0 Å². The predicted octanol–water partition coefficient (Wildman–Crippen LogP) is 4.49. The van der Waals surface area contributed by atoms with Crippen molar-refractivity contribution in [3.05, 3.63) is 89.7 Å². The molecule has 0 unspecified atom stereocenters. The van der Waals surface area contributed by atoms with Crippen molar-refractivity contribution in [2.24, 2.45) is 0 Å². The van der Waals surface area contributed by atoms with Gasteiger partial charge in [0.25, 0.3) is 0 Å². The lowest BCUT2D eigenvalue weighted by Gasteiger charge is -2.12. The third kappa shape index (κ3) is 3.98. The molecule has 0 aliphatic rings. The van der Waals surface area contributed by atoms with Crippen LogP contribution in [-0.4, -0.2) is 11.0 Å². The van der Waals surface area contributed by atoms with Gasteiger partial charge in [0.1, 0.15) is 6.61 Å². The molecule has 0 fully saturated rings. The van der Waals surface area contributed by atoms with Crippen LogP contribution < -0.4 is 5.32 Å². The van der Waals surface area contributed by atoms with Gasteiger partial charge in [-0.25, -0.2) is 4.79 Å². The van der Waals surface area contributed by atoms with Gasteiger partial charge >= 0.3 is 5.97 Å². The minimum absolute atomic E-state index is 0.151. The van der Waals surface area contributed by atoms with Crippen LogP contribution >= 0.6 is 0 Å². The molecule has 4 nitrogen and oxygen atoms in total. The summed E-state index contributed by atoms with van der Waals surface area (Å²) in [6.07, 6.45) is 1.68. The number of benzene rings is 2.